The number of rotatable bonds is 6. The second kappa shape index (κ2) is 6.31. The number of carbonyl (C=O) groups is 1. The van der Waals surface area contributed by atoms with E-state index in [9.17, 15) is 13.2 Å². The van der Waals surface area contributed by atoms with E-state index in [4.69, 9.17) is 0 Å². The average molecular weight is 290 g/mol. The van der Waals surface area contributed by atoms with Gasteiger partial charge in [0.05, 0.1) is 11.9 Å². The largest absolute Gasteiger partial charge is 0.324 e. The van der Waals surface area contributed by atoms with E-state index >= 15 is 0 Å². The lowest BCUT2D eigenvalue weighted by atomic mass is 9.99. The minimum absolute atomic E-state index is 0.0710. The molecule has 0 spiro atoms. The Bertz CT molecular complexity index is 482. The Kier molecular flexibility index (Phi) is 5.30. The summed E-state index contributed by atoms with van der Waals surface area (Å²) in [5.41, 5.74) is 0.689. The van der Waals surface area contributed by atoms with Gasteiger partial charge in [-0.2, -0.15) is 11.3 Å². The molecule has 0 saturated carbocycles. The van der Waals surface area contributed by atoms with Crippen LogP contribution in [0.2, 0.25) is 0 Å². The monoisotopic (exact) mass is 290 g/mol. The highest BCUT2D eigenvalue weighted by atomic mass is 32.2. The van der Waals surface area contributed by atoms with Gasteiger partial charge < -0.3 is 5.32 Å². The molecule has 7 heteroatoms. The summed E-state index contributed by atoms with van der Waals surface area (Å²) in [6.45, 7) is 3.76. The maximum Gasteiger partial charge on any atom is 0.242 e. The Morgan fingerprint density at radius 1 is 1.50 bits per heavy atom. The molecule has 2 atom stereocenters. The van der Waals surface area contributed by atoms with Crippen LogP contribution in [0.25, 0.3) is 0 Å². The van der Waals surface area contributed by atoms with Crippen LogP contribution in [0, 0.1) is 5.92 Å². The molecule has 2 N–H and O–H groups in total. The molecule has 18 heavy (non-hydrogen) atoms. The predicted octanol–water partition coefficient (Wildman–Crippen LogP) is 1.65. The van der Waals surface area contributed by atoms with E-state index < -0.39 is 16.1 Å². The van der Waals surface area contributed by atoms with Crippen molar-refractivity contribution >= 4 is 33.0 Å². The fraction of sp³-hybridized carbons (Fsp3) is 0.545. The van der Waals surface area contributed by atoms with E-state index in [0.29, 0.717) is 12.1 Å². The highest BCUT2D eigenvalue weighted by Gasteiger charge is 2.27. The first kappa shape index (κ1) is 15.1. The van der Waals surface area contributed by atoms with Crippen LogP contribution in [0.4, 0.5) is 5.69 Å². The maximum atomic E-state index is 12.1. The topological polar surface area (TPSA) is 75.3 Å². The third-order valence-electron chi connectivity index (χ3n) is 2.63. The molecule has 0 aromatic carbocycles. The summed E-state index contributed by atoms with van der Waals surface area (Å²) < 4.78 is 24.9. The number of nitrogens with one attached hydrogen (secondary N) is 2. The lowest BCUT2D eigenvalue weighted by molar-refractivity contribution is -0.118. The molecule has 0 bridgehead atoms. The number of amides is 1. The second-order valence-corrected chi connectivity index (χ2v) is 6.81. The summed E-state index contributed by atoms with van der Waals surface area (Å²) in [4.78, 5) is 12.1. The van der Waals surface area contributed by atoms with Crippen LogP contribution in [0.1, 0.15) is 20.3 Å². The molecule has 0 aliphatic carbocycles. The van der Waals surface area contributed by atoms with E-state index in [1.54, 1.807) is 11.4 Å². The van der Waals surface area contributed by atoms with Crippen molar-refractivity contribution < 1.29 is 13.2 Å². The average Bonchev–Trinajstić information content (AvgIpc) is 2.76. The van der Waals surface area contributed by atoms with Crippen LogP contribution in [-0.4, -0.2) is 26.6 Å². The highest BCUT2D eigenvalue weighted by molar-refractivity contribution is 7.88. The first-order chi connectivity index (χ1) is 8.33. The minimum Gasteiger partial charge on any atom is -0.324 e. The summed E-state index contributed by atoms with van der Waals surface area (Å²) in [7, 11) is -3.41. The molecule has 0 aliphatic rings. The number of hydrogen-bond acceptors (Lipinski definition) is 4. The first-order valence-corrected chi connectivity index (χ1v) is 8.47. The molecular formula is C11H18N2O3S2. The number of anilines is 1. The number of sulfonamides is 1. The molecule has 1 aromatic rings. The van der Waals surface area contributed by atoms with Gasteiger partial charge in [0.1, 0.15) is 6.04 Å². The molecule has 1 amide bonds. The van der Waals surface area contributed by atoms with Crippen molar-refractivity contribution in [1.82, 2.24) is 4.72 Å². The van der Waals surface area contributed by atoms with E-state index in [1.807, 2.05) is 19.2 Å². The standard InChI is InChI=1S/C11H18N2O3S2/c1-4-8(2)10(13-18(3,15)16)11(14)12-9-5-6-17-7-9/h5-8,10,13H,4H2,1-3H3,(H,12,14)/t8-,10-/m0/s1. The highest BCUT2D eigenvalue weighted by Crippen LogP contribution is 2.15. The Morgan fingerprint density at radius 3 is 2.61 bits per heavy atom. The van der Waals surface area contributed by atoms with Crippen molar-refractivity contribution in [2.45, 2.75) is 26.3 Å². The van der Waals surface area contributed by atoms with Crippen LogP contribution >= 0.6 is 11.3 Å². The molecule has 0 saturated heterocycles. The molecule has 1 aromatic heterocycles. The molecular weight excluding hydrogens is 272 g/mol. The van der Waals surface area contributed by atoms with Crippen molar-refractivity contribution in [1.29, 1.82) is 0 Å². The minimum atomic E-state index is -3.41. The SMILES string of the molecule is CC[C@H](C)[C@H](NS(C)(=O)=O)C(=O)Nc1ccsc1. The lowest BCUT2D eigenvalue weighted by Gasteiger charge is -2.22. The van der Waals surface area contributed by atoms with Crippen molar-refractivity contribution in [2.24, 2.45) is 5.92 Å². The van der Waals surface area contributed by atoms with Gasteiger partial charge in [0.2, 0.25) is 15.9 Å². The maximum absolute atomic E-state index is 12.1. The van der Waals surface area contributed by atoms with Crippen LogP contribution in [0.5, 0.6) is 0 Å². The second-order valence-electron chi connectivity index (χ2n) is 4.25. The summed E-state index contributed by atoms with van der Waals surface area (Å²) in [6.07, 6.45) is 1.77. The normalized spacial score (nSPS) is 15.1. The van der Waals surface area contributed by atoms with E-state index in [0.717, 1.165) is 6.26 Å². The van der Waals surface area contributed by atoms with Gasteiger partial charge in [-0.05, 0) is 17.4 Å². The van der Waals surface area contributed by atoms with E-state index in [2.05, 4.69) is 10.0 Å². The molecule has 102 valence electrons. The fourth-order valence-electron chi connectivity index (χ4n) is 1.45. The number of thiophene rings is 1. The van der Waals surface area contributed by atoms with Crippen LogP contribution in [0.15, 0.2) is 16.8 Å². The van der Waals surface area contributed by atoms with Crippen LogP contribution in [-0.2, 0) is 14.8 Å². The number of hydrogen-bond donors (Lipinski definition) is 2. The summed E-state index contributed by atoms with van der Waals surface area (Å²) in [6, 6.07) is 1.03. The molecule has 0 unspecified atom stereocenters. The quantitative estimate of drug-likeness (QED) is 0.836. The van der Waals surface area contributed by atoms with Gasteiger partial charge in [0.25, 0.3) is 0 Å². The Morgan fingerprint density at radius 2 is 2.17 bits per heavy atom. The van der Waals surface area contributed by atoms with Gasteiger partial charge in [-0.25, -0.2) is 13.1 Å². The zero-order chi connectivity index (χ0) is 13.8. The molecule has 1 heterocycles. The van der Waals surface area contributed by atoms with Crippen molar-refractivity contribution in [3.8, 4) is 0 Å². The molecule has 1 rings (SSSR count). The Balaban J connectivity index is 2.79. The predicted molar refractivity (Wildman–Crippen MR) is 74.2 cm³/mol. The smallest absolute Gasteiger partial charge is 0.242 e. The number of carbonyl (C=O) groups excluding carboxylic acids is 1. The third-order valence-corrected chi connectivity index (χ3v) is 3.99. The van der Waals surface area contributed by atoms with Gasteiger partial charge in [0, 0.05) is 5.38 Å². The van der Waals surface area contributed by atoms with Crippen molar-refractivity contribution in [3.63, 3.8) is 0 Å². The molecule has 5 nitrogen and oxygen atoms in total. The van der Waals surface area contributed by atoms with Crippen LogP contribution in [0.3, 0.4) is 0 Å². The fourth-order valence-corrected chi connectivity index (χ4v) is 2.84. The van der Waals surface area contributed by atoms with Gasteiger partial charge in [0.15, 0.2) is 0 Å². The van der Waals surface area contributed by atoms with Gasteiger partial charge in [-0.1, -0.05) is 20.3 Å². The lowest BCUT2D eigenvalue weighted by Crippen LogP contribution is -2.47. The first-order valence-electron chi connectivity index (χ1n) is 5.64. The molecule has 0 radical (unpaired) electrons. The summed E-state index contributed by atoms with van der Waals surface area (Å²) >= 11 is 1.47. The Hall–Kier alpha value is -0.920. The molecule has 0 aliphatic heterocycles. The van der Waals surface area contributed by atoms with Crippen molar-refractivity contribution in [2.75, 3.05) is 11.6 Å². The van der Waals surface area contributed by atoms with Crippen LogP contribution < -0.4 is 10.0 Å². The Labute approximate surface area is 112 Å². The molecule has 0 fully saturated rings. The summed E-state index contributed by atoms with van der Waals surface area (Å²) in [5, 5.41) is 6.35. The van der Waals surface area contributed by atoms with Crippen molar-refractivity contribution in [3.05, 3.63) is 16.8 Å². The summed E-state index contributed by atoms with van der Waals surface area (Å²) in [5.74, 6) is -0.397. The third kappa shape index (κ3) is 4.75. The van der Waals surface area contributed by atoms with Gasteiger partial charge >= 0.3 is 0 Å². The van der Waals surface area contributed by atoms with Gasteiger partial charge in [-0.3, -0.25) is 4.79 Å². The zero-order valence-corrected chi connectivity index (χ0v) is 12.3. The van der Waals surface area contributed by atoms with E-state index in [-0.39, 0.29) is 11.8 Å². The van der Waals surface area contributed by atoms with Gasteiger partial charge in [-0.15, -0.1) is 0 Å². The van der Waals surface area contributed by atoms with E-state index in [1.165, 1.54) is 11.3 Å². The zero-order valence-electron chi connectivity index (χ0n) is 10.6.